The zero-order valence-electron chi connectivity index (χ0n) is 14.2. The summed E-state index contributed by atoms with van der Waals surface area (Å²) in [5, 5.41) is 14.5. The van der Waals surface area contributed by atoms with Crippen molar-refractivity contribution in [2.24, 2.45) is 7.05 Å². The van der Waals surface area contributed by atoms with Gasteiger partial charge in [-0.2, -0.15) is 10.2 Å². The molecule has 0 spiro atoms. The standard InChI is InChI=1S/C16H23N5O2/c1-8-6-12-14(11(4)23-8)18-19-15(12)16(22)17-7-13-9(2)20-21(5)10(13)3/h8,11H,6-7H2,1-5H3,(H,17,22)(H,18,19)/t8-,11+/m1/s1. The van der Waals surface area contributed by atoms with Crippen molar-refractivity contribution in [3.05, 3.63) is 33.9 Å². The maximum atomic E-state index is 12.5. The summed E-state index contributed by atoms with van der Waals surface area (Å²) < 4.78 is 7.58. The second kappa shape index (κ2) is 5.81. The largest absolute Gasteiger partial charge is 0.369 e. The number of nitrogens with zero attached hydrogens (tertiary/aromatic N) is 3. The van der Waals surface area contributed by atoms with Crippen LogP contribution in [-0.4, -0.2) is 32.0 Å². The fourth-order valence-electron chi connectivity index (χ4n) is 3.19. The number of carbonyl (C=O) groups is 1. The monoisotopic (exact) mass is 317 g/mol. The van der Waals surface area contributed by atoms with Gasteiger partial charge in [-0.1, -0.05) is 0 Å². The van der Waals surface area contributed by atoms with E-state index < -0.39 is 0 Å². The quantitative estimate of drug-likeness (QED) is 0.902. The molecule has 23 heavy (non-hydrogen) atoms. The fraction of sp³-hybridized carbons (Fsp3) is 0.562. The third-order valence-electron chi connectivity index (χ3n) is 4.53. The molecule has 2 aromatic rings. The van der Waals surface area contributed by atoms with E-state index in [1.807, 2.05) is 39.4 Å². The van der Waals surface area contributed by atoms with Crippen LogP contribution in [0.25, 0.3) is 0 Å². The van der Waals surface area contributed by atoms with E-state index in [2.05, 4.69) is 20.6 Å². The van der Waals surface area contributed by atoms with Crippen molar-refractivity contribution in [1.82, 2.24) is 25.3 Å². The maximum absolute atomic E-state index is 12.5. The summed E-state index contributed by atoms with van der Waals surface area (Å²) in [6, 6.07) is 0. The molecule has 0 unspecified atom stereocenters. The van der Waals surface area contributed by atoms with Gasteiger partial charge >= 0.3 is 0 Å². The molecule has 1 aliphatic heterocycles. The lowest BCUT2D eigenvalue weighted by molar-refractivity contribution is -0.00697. The van der Waals surface area contributed by atoms with Gasteiger partial charge in [0, 0.05) is 36.8 Å². The maximum Gasteiger partial charge on any atom is 0.272 e. The average molecular weight is 317 g/mol. The highest BCUT2D eigenvalue weighted by Gasteiger charge is 2.29. The van der Waals surface area contributed by atoms with Gasteiger partial charge < -0.3 is 10.1 Å². The van der Waals surface area contributed by atoms with E-state index in [4.69, 9.17) is 4.74 Å². The number of aromatic nitrogens is 4. The van der Waals surface area contributed by atoms with Crippen molar-refractivity contribution in [3.8, 4) is 0 Å². The van der Waals surface area contributed by atoms with Crippen LogP contribution >= 0.6 is 0 Å². The molecule has 2 N–H and O–H groups in total. The van der Waals surface area contributed by atoms with E-state index >= 15 is 0 Å². The van der Waals surface area contributed by atoms with Crippen LogP contribution in [0.2, 0.25) is 0 Å². The first-order chi connectivity index (χ1) is 10.9. The molecule has 2 aromatic heterocycles. The molecule has 1 amide bonds. The van der Waals surface area contributed by atoms with Gasteiger partial charge in [-0.05, 0) is 27.7 Å². The summed E-state index contributed by atoms with van der Waals surface area (Å²) in [5.41, 5.74) is 5.39. The molecule has 0 radical (unpaired) electrons. The summed E-state index contributed by atoms with van der Waals surface area (Å²) in [5.74, 6) is -0.161. The number of aromatic amines is 1. The number of fused-ring (bicyclic) bond motifs is 1. The van der Waals surface area contributed by atoms with E-state index in [1.54, 1.807) is 0 Å². The zero-order valence-corrected chi connectivity index (χ0v) is 14.2. The molecule has 3 heterocycles. The van der Waals surface area contributed by atoms with Crippen LogP contribution in [0.3, 0.4) is 0 Å². The summed E-state index contributed by atoms with van der Waals surface area (Å²) in [6.45, 7) is 8.38. The van der Waals surface area contributed by atoms with Crippen LogP contribution in [0.4, 0.5) is 0 Å². The van der Waals surface area contributed by atoms with Gasteiger partial charge in [0.2, 0.25) is 0 Å². The van der Waals surface area contributed by atoms with Crippen LogP contribution in [0.5, 0.6) is 0 Å². The number of aryl methyl sites for hydroxylation is 2. The van der Waals surface area contributed by atoms with E-state index in [1.165, 1.54) is 0 Å². The van der Waals surface area contributed by atoms with Gasteiger partial charge in [0.1, 0.15) is 0 Å². The number of hydrogen-bond acceptors (Lipinski definition) is 4. The third kappa shape index (κ3) is 2.76. The minimum Gasteiger partial charge on any atom is -0.369 e. The van der Waals surface area contributed by atoms with Gasteiger partial charge in [0.15, 0.2) is 5.69 Å². The van der Waals surface area contributed by atoms with Crippen molar-refractivity contribution < 1.29 is 9.53 Å². The van der Waals surface area contributed by atoms with Gasteiger partial charge in [0.05, 0.1) is 23.6 Å². The van der Waals surface area contributed by atoms with Crippen molar-refractivity contribution >= 4 is 5.91 Å². The molecule has 7 heteroatoms. The van der Waals surface area contributed by atoms with Crippen LogP contribution in [-0.2, 0) is 24.8 Å². The van der Waals surface area contributed by atoms with Crippen molar-refractivity contribution in [2.45, 2.75) is 52.9 Å². The first-order valence-electron chi connectivity index (χ1n) is 7.88. The van der Waals surface area contributed by atoms with Crippen LogP contribution < -0.4 is 5.32 Å². The molecular weight excluding hydrogens is 294 g/mol. The fourth-order valence-corrected chi connectivity index (χ4v) is 3.19. The van der Waals surface area contributed by atoms with E-state index in [0.29, 0.717) is 18.7 Å². The zero-order chi connectivity index (χ0) is 16.7. The van der Waals surface area contributed by atoms with Crippen molar-refractivity contribution in [1.29, 1.82) is 0 Å². The molecule has 0 bridgehead atoms. The molecule has 1 aliphatic rings. The Hall–Kier alpha value is -2.15. The Kier molecular flexibility index (Phi) is 3.97. The SMILES string of the molecule is Cc1nn(C)c(C)c1CNC(=O)c1n[nH]c2c1C[C@@H](C)O[C@H]2C. The number of H-pyrrole nitrogens is 1. The molecule has 2 atom stereocenters. The number of ether oxygens (including phenoxy) is 1. The summed E-state index contributed by atoms with van der Waals surface area (Å²) >= 11 is 0. The van der Waals surface area contributed by atoms with Crippen LogP contribution in [0.15, 0.2) is 0 Å². The highest BCUT2D eigenvalue weighted by molar-refractivity contribution is 5.94. The third-order valence-corrected chi connectivity index (χ3v) is 4.53. The molecule has 0 aliphatic carbocycles. The summed E-state index contributed by atoms with van der Waals surface area (Å²) in [7, 11) is 1.90. The summed E-state index contributed by atoms with van der Waals surface area (Å²) in [6.07, 6.45) is 0.722. The minimum atomic E-state index is -0.161. The molecule has 0 saturated carbocycles. The normalized spacial score (nSPS) is 20.4. The number of amides is 1. The van der Waals surface area contributed by atoms with Crippen molar-refractivity contribution in [2.75, 3.05) is 0 Å². The molecule has 124 valence electrons. The first kappa shape index (κ1) is 15.7. The average Bonchev–Trinajstić information content (AvgIpc) is 3.00. The Bertz CT molecular complexity index is 746. The predicted octanol–water partition coefficient (Wildman–Crippen LogP) is 1.71. The Morgan fingerprint density at radius 3 is 2.83 bits per heavy atom. The molecule has 0 aromatic carbocycles. The number of hydrogen-bond donors (Lipinski definition) is 2. The molecular formula is C16H23N5O2. The Morgan fingerprint density at radius 2 is 2.17 bits per heavy atom. The lowest BCUT2D eigenvalue weighted by atomic mass is 9.99. The molecule has 3 rings (SSSR count). The lowest BCUT2D eigenvalue weighted by Gasteiger charge is -2.25. The molecule has 7 nitrogen and oxygen atoms in total. The smallest absolute Gasteiger partial charge is 0.272 e. The molecule has 0 fully saturated rings. The highest BCUT2D eigenvalue weighted by atomic mass is 16.5. The number of rotatable bonds is 3. The van der Waals surface area contributed by atoms with Gasteiger partial charge in [-0.3, -0.25) is 14.6 Å². The highest BCUT2D eigenvalue weighted by Crippen LogP contribution is 2.30. The van der Waals surface area contributed by atoms with E-state index in [-0.39, 0.29) is 18.1 Å². The van der Waals surface area contributed by atoms with Crippen LogP contribution in [0.1, 0.15) is 58.6 Å². The molecule has 0 saturated heterocycles. The van der Waals surface area contributed by atoms with E-state index in [0.717, 1.165) is 28.2 Å². The summed E-state index contributed by atoms with van der Waals surface area (Å²) in [4.78, 5) is 12.5. The second-order valence-electron chi connectivity index (χ2n) is 6.21. The van der Waals surface area contributed by atoms with Gasteiger partial charge in [0.25, 0.3) is 5.91 Å². The van der Waals surface area contributed by atoms with Gasteiger partial charge in [-0.25, -0.2) is 0 Å². The Balaban J connectivity index is 1.77. The Morgan fingerprint density at radius 1 is 1.43 bits per heavy atom. The second-order valence-corrected chi connectivity index (χ2v) is 6.21. The Labute approximate surface area is 135 Å². The topological polar surface area (TPSA) is 84.8 Å². The van der Waals surface area contributed by atoms with Gasteiger partial charge in [-0.15, -0.1) is 0 Å². The minimum absolute atomic E-state index is 0.0642. The number of nitrogens with one attached hydrogen (secondary N) is 2. The van der Waals surface area contributed by atoms with E-state index in [9.17, 15) is 4.79 Å². The van der Waals surface area contributed by atoms with Crippen molar-refractivity contribution in [3.63, 3.8) is 0 Å². The lowest BCUT2D eigenvalue weighted by Crippen LogP contribution is -2.27. The van der Waals surface area contributed by atoms with Crippen LogP contribution in [0, 0.1) is 13.8 Å². The predicted molar refractivity (Wildman–Crippen MR) is 85.1 cm³/mol. The first-order valence-corrected chi connectivity index (χ1v) is 7.88. The number of carbonyl (C=O) groups excluding carboxylic acids is 1.